The van der Waals surface area contributed by atoms with Gasteiger partial charge in [0.2, 0.25) is 0 Å². The van der Waals surface area contributed by atoms with Crippen LogP contribution in [0.1, 0.15) is 23.7 Å². The van der Waals surface area contributed by atoms with Crippen LogP contribution in [-0.4, -0.2) is 25.8 Å². The molecule has 0 bridgehead atoms. The first-order chi connectivity index (χ1) is 12.1. The van der Waals surface area contributed by atoms with Gasteiger partial charge in [-0.3, -0.25) is 4.79 Å². The fourth-order valence-corrected chi connectivity index (χ4v) is 3.50. The monoisotopic (exact) mass is 355 g/mol. The molecule has 0 aliphatic heterocycles. The van der Waals surface area contributed by atoms with E-state index in [9.17, 15) is 9.18 Å². The average molecular weight is 355 g/mol. The van der Waals surface area contributed by atoms with Gasteiger partial charge in [0.05, 0.1) is 5.25 Å². The molecule has 128 valence electrons. The molecule has 6 heteroatoms. The zero-order chi connectivity index (χ0) is 17.8. The predicted octanol–water partition coefficient (Wildman–Crippen LogP) is 4.37. The molecular weight excluding hydrogens is 337 g/mol. The van der Waals surface area contributed by atoms with Gasteiger partial charge in [-0.25, -0.2) is 4.39 Å². The third kappa shape index (κ3) is 3.79. The van der Waals surface area contributed by atoms with E-state index in [-0.39, 0.29) is 16.9 Å². The molecule has 2 aromatic carbocycles. The highest BCUT2D eigenvalue weighted by atomic mass is 32.2. The second kappa shape index (κ2) is 7.61. The number of benzene rings is 2. The lowest BCUT2D eigenvalue weighted by atomic mass is 10.1. The van der Waals surface area contributed by atoms with Gasteiger partial charge in [0.25, 0.3) is 0 Å². The number of aromatic nitrogens is 3. The molecule has 0 unspecified atom stereocenters. The first kappa shape index (κ1) is 17.4. The molecule has 25 heavy (non-hydrogen) atoms. The molecule has 1 atom stereocenters. The van der Waals surface area contributed by atoms with Gasteiger partial charge in [0.1, 0.15) is 5.82 Å². The van der Waals surface area contributed by atoms with Gasteiger partial charge in [-0.2, -0.15) is 0 Å². The van der Waals surface area contributed by atoms with Crippen LogP contribution in [0.5, 0.6) is 0 Å². The molecule has 3 aromatic rings. The number of carbonyl (C=O) groups is 1. The van der Waals surface area contributed by atoms with Gasteiger partial charge in [-0.15, -0.1) is 10.2 Å². The summed E-state index contributed by atoms with van der Waals surface area (Å²) in [5.41, 5.74) is 1.48. The van der Waals surface area contributed by atoms with E-state index in [2.05, 4.69) is 10.2 Å². The standard InChI is InChI=1S/C19H18FN3OS/c1-3-16(17(24)13-7-5-4-6-8-13)25-19-22-21-18(23(19)2)14-9-11-15(20)12-10-14/h4-12,16H,3H2,1-2H3/t16-/m1/s1. The van der Waals surface area contributed by atoms with Crippen molar-refractivity contribution >= 4 is 17.5 Å². The summed E-state index contributed by atoms with van der Waals surface area (Å²) >= 11 is 1.40. The number of halogens is 1. The fraction of sp³-hybridized carbons (Fsp3) is 0.211. The van der Waals surface area contributed by atoms with Gasteiger partial charge in [-0.05, 0) is 30.7 Å². The van der Waals surface area contributed by atoms with Crippen molar-refractivity contribution in [3.8, 4) is 11.4 Å². The Bertz CT molecular complexity index is 862. The van der Waals surface area contributed by atoms with Crippen LogP contribution in [0, 0.1) is 5.82 Å². The Hall–Kier alpha value is -2.47. The molecular formula is C19H18FN3OS. The fourth-order valence-electron chi connectivity index (χ4n) is 2.51. The minimum atomic E-state index is -0.292. The zero-order valence-corrected chi connectivity index (χ0v) is 14.8. The van der Waals surface area contributed by atoms with Gasteiger partial charge in [0.15, 0.2) is 16.8 Å². The summed E-state index contributed by atoms with van der Waals surface area (Å²) in [6.07, 6.45) is 0.692. The van der Waals surface area contributed by atoms with Gasteiger partial charge in [-0.1, -0.05) is 49.0 Å². The van der Waals surface area contributed by atoms with Crippen molar-refractivity contribution in [2.75, 3.05) is 0 Å². The molecule has 0 amide bonds. The van der Waals surface area contributed by atoms with Crippen LogP contribution >= 0.6 is 11.8 Å². The number of nitrogens with zero attached hydrogens (tertiary/aromatic N) is 3. The lowest BCUT2D eigenvalue weighted by molar-refractivity contribution is 0.0988. The van der Waals surface area contributed by atoms with E-state index in [0.29, 0.717) is 23.0 Å². The van der Waals surface area contributed by atoms with Crippen molar-refractivity contribution in [1.29, 1.82) is 0 Å². The Labute approximate surface area is 150 Å². The quantitative estimate of drug-likeness (QED) is 0.486. The molecule has 4 nitrogen and oxygen atoms in total. The molecule has 3 rings (SSSR count). The summed E-state index contributed by atoms with van der Waals surface area (Å²) in [7, 11) is 1.85. The third-order valence-corrected chi connectivity index (χ3v) is 5.30. The first-order valence-corrected chi connectivity index (χ1v) is 8.89. The summed E-state index contributed by atoms with van der Waals surface area (Å²) < 4.78 is 14.9. The summed E-state index contributed by atoms with van der Waals surface area (Å²) in [6.45, 7) is 1.98. The number of rotatable bonds is 6. The SMILES string of the molecule is CC[C@@H](Sc1nnc(-c2ccc(F)cc2)n1C)C(=O)c1ccccc1. The molecule has 0 fully saturated rings. The van der Waals surface area contributed by atoms with Crippen LogP contribution < -0.4 is 0 Å². The van der Waals surface area contributed by atoms with Crippen molar-refractivity contribution in [2.45, 2.75) is 23.8 Å². The van der Waals surface area contributed by atoms with Crippen LogP contribution in [0.15, 0.2) is 59.8 Å². The Morgan fingerprint density at radius 1 is 1.12 bits per heavy atom. The van der Waals surface area contributed by atoms with Crippen LogP contribution in [0.3, 0.4) is 0 Å². The highest BCUT2D eigenvalue weighted by molar-refractivity contribution is 8.00. The number of ketones is 1. The van der Waals surface area contributed by atoms with E-state index in [0.717, 1.165) is 5.56 Å². The highest BCUT2D eigenvalue weighted by Crippen LogP contribution is 2.29. The normalized spacial score (nSPS) is 12.1. The second-order valence-electron chi connectivity index (χ2n) is 5.62. The van der Waals surface area contributed by atoms with Crippen LogP contribution in [0.25, 0.3) is 11.4 Å². The van der Waals surface area contributed by atoms with Crippen LogP contribution in [0.4, 0.5) is 4.39 Å². The first-order valence-electron chi connectivity index (χ1n) is 8.01. The maximum atomic E-state index is 13.1. The van der Waals surface area contributed by atoms with Crippen LogP contribution in [-0.2, 0) is 7.05 Å². The van der Waals surface area contributed by atoms with Gasteiger partial charge < -0.3 is 4.57 Å². The maximum absolute atomic E-state index is 13.1. The van der Waals surface area contributed by atoms with Gasteiger partial charge >= 0.3 is 0 Å². The van der Waals surface area contributed by atoms with E-state index < -0.39 is 0 Å². The van der Waals surface area contributed by atoms with E-state index in [4.69, 9.17) is 0 Å². The van der Waals surface area contributed by atoms with Crippen molar-refractivity contribution in [1.82, 2.24) is 14.8 Å². The van der Waals surface area contributed by atoms with Crippen LogP contribution in [0.2, 0.25) is 0 Å². The number of thioether (sulfide) groups is 1. The Morgan fingerprint density at radius 2 is 1.80 bits per heavy atom. The molecule has 0 aliphatic rings. The summed E-state index contributed by atoms with van der Waals surface area (Å²) in [5.74, 6) is 0.434. The molecule has 0 aliphatic carbocycles. The summed E-state index contributed by atoms with van der Waals surface area (Å²) in [4.78, 5) is 12.7. The minimum Gasteiger partial charge on any atom is -0.305 e. The molecule has 0 spiro atoms. The minimum absolute atomic E-state index is 0.0828. The number of hydrogen-bond acceptors (Lipinski definition) is 4. The lowest BCUT2D eigenvalue weighted by Gasteiger charge is -2.13. The van der Waals surface area contributed by atoms with Gasteiger partial charge in [0, 0.05) is 18.2 Å². The number of hydrogen-bond donors (Lipinski definition) is 0. The Balaban J connectivity index is 1.82. The Kier molecular flexibility index (Phi) is 5.28. The predicted molar refractivity (Wildman–Crippen MR) is 97.1 cm³/mol. The molecule has 0 N–H and O–H groups in total. The van der Waals surface area contributed by atoms with E-state index >= 15 is 0 Å². The molecule has 1 heterocycles. The molecule has 0 radical (unpaired) electrons. The molecule has 1 aromatic heterocycles. The largest absolute Gasteiger partial charge is 0.305 e. The highest BCUT2D eigenvalue weighted by Gasteiger charge is 2.22. The number of carbonyl (C=O) groups excluding carboxylic acids is 1. The van der Waals surface area contributed by atoms with Crippen molar-refractivity contribution in [3.05, 3.63) is 66.0 Å². The van der Waals surface area contributed by atoms with Crippen molar-refractivity contribution in [2.24, 2.45) is 7.05 Å². The third-order valence-electron chi connectivity index (χ3n) is 3.91. The lowest BCUT2D eigenvalue weighted by Crippen LogP contribution is -2.17. The summed E-state index contributed by atoms with van der Waals surface area (Å²) in [5, 5.41) is 8.83. The molecule has 0 saturated carbocycles. The number of Topliss-reactive ketones (excluding diaryl/α,β-unsaturated/α-hetero) is 1. The molecule has 0 saturated heterocycles. The summed E-state index contributed by atoms with van der Waals surface area (Å²) in [6, 6.07) is 15.4. The van der Waals surface area contributed by atoms with Crippen molar-refractivity contribution < 1.29 is 9.18 Å². The average Bonchev–Trinajstić information content (AvgIpc) is 3.01. The van der Waals surface area contributed by atoms with E-state index in [1.165, 1.54) is 23.9 Å². The topological polar surface area (TPSA) is 47.8 Å². The zero-order valence-electron chi connectivity index (χ0n) is 14.0. The van der Waals surface area contributed by atoms with E-state index in [1.54, 1.807) is 12.1 Å². The smallest absolute Gasteiger partial charge is 0.191 e. The second-order valence-corrected chi connectivity index (χ2v) is 6.79. The van der Waals surface area contributed by atoms with E-state index in [1.807, 2.05) is 48.9 Å². The van der Waals surface area contributed by atoms with Crippen molar-refractivity contribution in [3.63, 3.8) is 0 Å². The Morgan fingerprint density at radius 3 is 2.44 bits per heavy atom. The maximum Gasteiger partial charge on any atom is 0.191 e.